The predicted octanol–water partition coefficient (Wildman–Crippen LogP) is 0.613. The van der Waals surface area contributed by atoms with Crippen LogP contribution >= 0.6 is 0 Å². The van der Waals surface area contributed by atoms with Crippen LogP contribution in [0.25, 0.3) is 0 Å². The number of carboxylic acids is 1. The zero-order chi connectivity index (χ0) is 8.70. The molecule has 4 nitrogen and oxygen atoms in total. The van der Waals surface area contributed by atoms with Crippen molar-refractivity contribution in [2.75, 3.05) is 6.61 Å². The highest BCUT2D eigenvalue weighted by Crippen LogP contribution is 2.30. The topological polar surface area (TPSA) is 55.8 Å². The van der Waals surface area contributed by atoms with Crippen LogP contribution in [0.4, 0.5) is 0 Å². The summed E-state index contributed by atoms with van der Waals surface area (Å²) in [5, 5.41) is 8.70. The molecule has 1 aliphatic heterocycles. The van der Waals surface area contributed by atoms with Crippen LogP contribution in [-0.4, -0.2) is 29.1 Å². The van der Waals surface area contributed by atoms with E-state index >= 15 is 0 Å². The molecule has 1 fully saturated rings. The smallest absolute Gasteiger partial charge is 0.338 e. The first-order valence-electron chi connectivity index (χ1n) is 3.43. The van der Waals surface area contributed by atoms with E-state index in [1.807, 2.05) is 0 Å². The van der Waals surface area contributed by atoms with Gasteiger partial charge in [0, 0.05) is 0 Å². The number of carbonyl (C=O) groups is 1. The first-order valence-corrected chi connectivity index (χ1v) is 3.43. The molecule has 0 aromatic rings. The van der Waals surface area contributed by atoms with E-state index in [9.17, 15) is 4.79 Å². The summed E-state index contributed by atoms with van der Waals surface area (Å²) < 4.78 is 10.3. The lowest BCUT2D eigenvalue weighted by Crippen LogP contribution is -2.39. The van der Waals surface area contributed by atoms with Gasteiger partial charge < -0.3 is 14.6 Å². The van der Waals surface area contributed by atoms with E-state index < -0.39 is 17.4 Å². The molecule has 1 N–H and O–H groups in total. The second kappa shape index (κ2) is 2.19. The summed E-state index contributed by atoms with van der Waals surface area (Å²) >= 11 is 0. The zero-order valence-corrected chi connectivity index (χ0v) is 6.88. The molecular formula is C7H12O4. The quantitative estimate of drug-likeness (QED) is 0.610. The van der Waals surface area contributed by atoms with Crippen molar-refractivity contribution >= 4 is 5.97 Å². The molecule has 1 saturated heterocycles. The molecule has 0 aromatic carbocycles. The van der Waals surface area contributed by atoms with Crippen LogP contribution in [0.1, 0.15) is 20.8 Å². The minimum atomic E-state index is -1.18. The lowest BCUT2D eigenvalue weighted by Gasteiger charge is -2.20. The van der Waals surface area contributed by atoms with E-state index in [1.54, 1.807) is 13.8 Å². The van der Waals surface area contributed by atoms with Crippen LogP contribution in [0, 0.1) is 0 Å². The summed E-state index contributed by atoms with van der Waals surface area (Å²) in [4.78, 5) is 10.6. The Kier molecular flexibility index (Phi) is 1.69. The van der Waals surface area contributed by atoms with Gasteiger partial charge in [0.1, 0.15) is 0 Å². The first kappa shape index (κ1) is 8.49. The molecule has 0 aromatic heterocycles. The van der Waals surface area contributed by atoms with Gasteiger partial charge in [0.2, 0.25) is 0 Å². The van der Waals surface area contributed by atoms with Crippen molar-refractivity contribution in [3.63, 3.8) is 0 Å². The molecule has 0 spiro atoms. The molecule has 1 rings (SSSR count). The number of carboxylic acid groups (broad SMARTS) is 1. The van der Waals surface area contributed by atoms with Gasteiger partial charge in [0.25, 0.3) is 0 Å². The summed E-state index contributed by atoms with van der Waals surface area (Å²) in [5.74, 6) is -1.75. The van der Waals surface area contributed by atoms with Crippen LogP contribution in [-0.2, 0) is 14.3 Å². The van der Waals surface area contributed by atoms with Gasteiger partial charge in [-0.05, 0) is 20.8 Å². The van der Waals surface area contributed by atoms with Crippen LogP contribution in [0.5, 0.6) is 0 Å². The SMILES string of the molecule is CC1(C)OC[C@](C)(C(=O)O)O1. The fourth-order valence-corrected chi connectivity index (χ4v) is 1.02. The molecular weight excluding hydrogens is 148 g/mol. The van der Waals surface area contributed by atoms with Crippen molar-refractivity contribution in [3.05, 3.63) is 0 Å². The lowest BCUT2D eigenvalue weighted by molar-refractivity contribution is -0.182. The lowest BCUT2D eigenvalue weighted by atomic mass is 10.1. The molecule has 0 saturated carbocycles. The summed E-state index contributed by atoms with van der Waals surface area (Å²) in [6, 6.07) is 0. The maximum atomic E-state index is 10.6. The maximum absolute atomic E-state index is 10.6. The van der Waals surface area contributed by atoms with Crippen molar-refractivity contribution < 1.29 is 19.4 Å². The monoisotopic (exact) mass is 160 g/mol. The number of hydrogen-bond donors (Lipinski definition) is 1. The van der Waals surface area contributed by atoms with Gasteiger partial charge >= 0.3 is 5.97 Å². The highest BCUT2D eigenvalue weighted by Gasteiger charge is 2.47. The standard InChI is InChI=1S/C7H12O4/c1-6(2)10-4-7(3,11-6)5(8)9/h4H2,1-3H3,(H,8,9)/t7-/m1/s1. The molecule has 0 aliphatic carbocycles. The third-order valence-electron chi connectivity index (χ3n) is 1.62. The van der Waals surface area contributed by atoms with Gasteiger partial charge in [-0.1, -0.05) is 0 Å². The Morgan fingerprint density at radius 3 is 2.18 bits per heavy atom. The fourth-order valence-electron chi connectivity index (χ4n) is 1.02. The van der Waals surface area contributed by atoms with Crippen LogP contribution in [0.3, 0.4) is 0 Å². The second-order valence-electron chi connectivity index (χ2n) is 3.33. The number of rotatable bonds is 1. The van der Waals surface area contributed by atoms with Gasteiger partial charge in [0.15, 0.2) is 11.4 Å². The summed E-state index contributed by atoms with van der Waals surface area (Å²) in [6.45, 7) is 5.00. The fraction of sp³-hybridized carbons (Fsp3) is 0.857. The maximum Gasteiger partial charge on any atom is 0.338 e. The van der Waals surface area contributed by atoms with Crippen LogP contribution < -0.4 is 0 Å². The minimum absolute atomic E-state index is 0.106. The first-order chi connectivity index (χ1) is 4.86. The Labute approximate surface area is 65.1 Å². The van der Waals surface area contributed by atoms with Gasteiger partial charge in [0.05, 0.1) is 6.61 Å². The molecule has 0 unspecified atom stereocenters. The highest BCUT2D eigenvalue weighted by atomic mass is 16.8. The molecule has 0 bridgehead atoms. The van der Waals surface area contributed by atoms with Crippen molar-refractivity contribution in [2.24, 2.45) is 0 Å². The molecule has 11 heavy (non-hydrogen) atoms. The molecule has 1 heterocycles. The minimum Gasteiger partial charge on any atom is -0.479 e. The Hall–Kier alpha value is -0.610. The summed E-state index contributed by atoms with van der Waals surface area (Å²) in [5.41, 5.74) is -1.18. The number of aliphatic carboxylic acids is 1. The molecule has 64 valence electrons. The van der Waals surface area contributed by atoms with Gasteiger partial charge in [-0.25, -0.2) is 4.79 Å². The predicted molar refractivity (Wildman–Crippen MR) is 37.2 cm³/mol. The Balaban J connectivity index is 2.73. The number of ether oxygens (including phenoxy) is 2. The largest absolute Gasteiger partial charge is 0.479 e. The van der Waals surface area contributed by atoms with E-state index in [1.165, 1.54) is 6.92 Å². The average molecular weight is 160 g/mol. The van der Waals surface area contributed by atoms with Gasteiger partial charge in [-0.3, -0.25) is 0 Å². The zero-order valence-electron chi connectivity index (χ0n) is 6.88. The van der Waals surface area contributed by atoms with Crippen molar-refractivity contribution in [1.82, 2.24) is 0 Å². The van der Waals surface area contributed by atoms with E-state index in [0.29, 0.717) is 0 Å². The third kappa shape index (κ3) is 1.52. The van der Waals surface area contributed by atoms with Crippen molar-refractivity contribution in [1.29, 1.82) is 0 Å². The number of hydrogen-bond acceptors (Lipinski definition) is 3. The van der Waals surface area contributed by atoms with Crippen LogP contribution in [0.2, 0.25) is 0 Å². The Bertz CT molecular complexity index is 187. The van der Waals surface area contributed by atoms with E-state index in [-0.39, 0.29) is 6.61 Å². The normalized spacial score (nSPS) is 35.5. The highest BCUT2D eigenvalue weighted by molar-refractivity contribution is 5.77. The third-order valence-corrected chi connectivity index (χ3v) is 1.62. The molecule has 0 amide bonds. The summed E-state index contributed by atoms with van der Waals surface area (Å²) in [7, 11) is 0. The Morgan fingerprint density at radius 2 is 2.00 bits per heavy atom. The van der Waals surface area contributed by atoms with Gasteiger partial charge in [-0.2, -0.15) is 0 Å². The van der Waals surface area contributed by atoms with E-state index in [2.05, 4.69) is 0 Å². The van der Waals surface area contributed by atoms with Crippen LogP contribution in [0.15, 0.2) is 0 Å². The van der Waals surface area contributed by atoms with E-state index in [0.717, 1.165) is 0 Å². The van der Waals surface area contributed by atoms with Crippen molar-refractivity contribution in [2.45, 2.75) is 32.2 Å². The van der Waals surface area contributed by atoms with E-state index in [4.69, 9.17) is 14.6 Å². The summed E-state index contributed by atoms with van der Waals surface area (Å²) in [6.07, 6.45) is 0. The average Bonchev–Trinajstić information content (AvgIpc) is 2.08. The Morgan fingerprint density at radius 1 is 1.45 bits per heavy atom. The molecule has 1 atom stereocenters. The molecule has 1 aliphatic rings. The second-order valence-corrected chi connectivity index (χ2v) is 3.33. The molecule has 4 heteroatoms. The molecule has 0 radical (unpaired) electrons. The van der Waals surface area contributed by atoms with Crippen molar-refractivity contribution in [3.8, 4) is 0 Å². The van der Waals surface area contributed by atoms with Gasteiger partial charge in [-0.15, -0.1) is 0 Å².